The molecule has 0 aliphatic rings. The molecule has 4 nitrogen and oxygen atoms in total. The summed E-state index contributed by atoms with van der Waals surface area (Å²) in [6.45, 7) is 1.75. The van der Waals surface area contributed by atoms with Gasteiger partial charge in [-0.1, -0.05) is 27.3 Å². The molecular weight excluding hydrogens is 230 g/mol. The summed E-state index contributed by atoms with van der Waals surface area (Å²) in [5.41, 5.74) is 1.56. The van der Waals surface area contributed by atoms with E-state index in [9.17, 15) is 4.79 Å². The van der Waals surface area contributed by atoms with Crippen LogP contribution in [0.4, 0.5) is 5.13 Å². The highest BCUT2D eigenvalue weighted by Gasteiger charge is 2.09. The lowest BCUT2D eigenvalue weighted by atomic mass is 10.5. The third-order valence-electron chi connectivity index (χ3n) is 0.951. The maximum absolute atomic E-state index is 11.0. The molecule has 1 N–H and O–H groups in total. The molecule has 0 radical (unpaired) electrons. The third-order valence-corrected chi connectivity index (χ3v) is 1.97. The van der Waals surface area contributed by atoms with Crippen LogP contribution in [0.2, 0.25) is 0 Å². The second kappa shape index (κ2) is 3.77. The molecule has 60 valence electrons. The number of carbonyl (C=O) groups excluding carboxylic acids is 1. The van der Waals surface area contributed by atoms with Gasteiger partial charge < -0.3 is 0 Å². The Morgan fingerprint density at radius 1 is 1.91 bits per heavy atom. The molecule has 0 aromatic carbocycles. The van der Waals surface area contributed by atoms with Crippen molar-refractivity contribution in [3.8, 4) is 0 Å². The third kappa shape index (κ3) is 2.55. The van der Waals surface area contributed by atoms with Gasteiger partial charge >= 0.3 is 0 Å². The zero-order valence-electron chi connectivity index (χ0n) is 5.74. The SMILES string of the molecule is CC(Br)C(=O)Nc1nncs1. The van der Waals surface area contributed by atoms with E-state index in [1.54, 1.807) is 12.4 Å². The Labute approximate surface area is 76.2 Å². The lowest BCUT2D eigenvalue weighted by Crippen LogP contribution is -2.19. The quantitative estimate of drug-likeness (QED) is 0.786. The molecule has 0 spiro atoms. The van der Waals surface area contributed by atoms with Crippen molar-refractivity contribution in [1.82, 2.24) is 10.2 Å². The minimum Gasteiger partial charge on any atom is -0.300 e. The Kier molecular flexibility index (Phi) is 2.95. The molecule has 1 rings (SSSR count). The molecule has 0 bridgehead atoms. The average molecular weight is 236 g/mol. The summed E-state index contributed by atoms with van der Waals surface area (Å²) in [5.74, 6) is -0.109. The summed E-state index contributed by atoms with van der Waals surface area (Å²) >= 11 is 4.42. The van der Waals surface area contributed by atoms with E-state index in [1.165, 1.54) is 11.3 Å². The molecule has 0 saturated heterocycles. The summed E-state index contributed by atoms with van der Waals surface area (Å²) in [4.78, 5) is 10.8. The average Bonchev–Trinajstić information content (AvgIpc) is 2.39. The van der Waals surface area contributed by atoms with Crippen molar-refractivity contribution < 1.29 is 4.79 Å². The Morgan fingerprint density at radius 3 is 3.09 bits per heavy atom. The van der Waals surface area contributed by atoms with E-state index >= 15 is 0 Å². The molecule has 11 heavy (non-hydrogen) atoms. The number of nitrogens with one attached hydrogen (secondary N) is 1. The summed E-state index contributed by atoms with van der Waals surface area (Å²) < 4.78 is 0. The van der Waals surface area contributed by atoms with Gasteiger partial charge in [0.25, 0.3) is 0 Å². The number of hydrogen-bond donors (Lipinski definition) is 1. The van der Waals surface area contributed by atoms with Crippen LogP contribution in [0.15, 0.2) is 5.51 Å². The van der Waals surface area contributed by atoms with Crippen LogP contribution in [-0.2, 0) is 4.79 Å². The number of carbonyl (C=O) groups is 1. The molecule has 0 aliphatic carbocycles. The first-order chi connectivity index (χ1) is 5.20. The first-order valence-electron chi connectivity index (χ1n) is 2.91. The number of nitrogens with zero attached hydrogens (tertiary/aromatic N) is 2. The van der Waals surface area contributed by atoms with Gasteiger partial charge in [0.2, 0.25) is 11.0 Å². The van der Waals surface area contributed by atoms with Gasteiger partial charge in [0.1, 0.15) is 5.51 Å². The summed E-state index contributed by atoms with van der Waals surface area (Å²) in [5, 5.41) is 10.3. The molecular formula is C5H6BrN3OS. The van der Waals surface area contributed by atoms with Gasteiger partial charge in [-0.25, -0.2) is 0 Å². The number of hydrogen-bond acceptors (Lipinski definition) is 4. The van der Waals surface area contributed by atoms with Crippen molar-refractivity contribution >= 4 is 38.3 Å². The van der Waals surface area contributed by atoms with Crippen LogP contribution in [0.5, 0.6) is 0 Å². The normalized spacial score (nSPS) is 12.5. The Hall–Kier alpha value is -0.490. The number of anilines is 1. The van der Waals surface area contributed by atoms with Crippen molar-refractivity contribution in [2.75, 3.05) is 5.32 Å². The molecule has 1 aromatic rings. The molecule has 1 amide bonds. The molecule has 1 unspecified atom stereocenters. The largest absolute Gasteiger partial charge is 0.300 e. The number of halogens is 1. The van der Waals surface area contributed by atoms with E-state index in [1.807, 2.05) is 0 Å². The van der Waals surface area contributed by atoms with E-state index in [-0.39, 0.29) is 10.7 Å². The van der Waals surface area contributed by atoms with Gasteiger partial charge in [-0.2, -0.15) is 0 Å². The maximum Gasteiger partial charge on any atom is 0.239 e. The number of amides is 1. The van der Waals surface area contributed by atoms with Crippen LogP contribution in [0.25, 0.3) is 0 Å². The molecule has 6 heteroatoms. The number of alkyl halides is 1. The highest BCUT2D eigenvalue weighted by atomic mass is 79.9. The van der Waals surface area contributed by atoms with Crippen LogP contribution in [0, 0.1) is 0 Å². The fourth-order valence-corrected chi connectivity index (χ4v) is 0.995. The maximum atomic E-state index is 11.0. The van der Waals surface area contributed by atoms with Gasteiger partial charge in [0, 0.05) is 0 Å². The molecule has 1 atom stereocenters. The Bertz CT molecular complexity index is 236. The molecule has 1 heterocycles. The van der Waals surface area contributed by atoms with Crippen molar-refractivity contribution in [2.24, 2.45) is 0 Å². The van der Waals surface area contributed by atoms with Crippen molar-refractivity contribution in [2.45, 2.75) is 11.8 Å². The predicted octanol–water partition coefficient (Wildman–Crippen LogP) is 1.26. The highest BCUT2D eigenvalue weighted by molar-refractivity contribution is 9.10. The van der Waals surface area contributed by atoms with Crippen LogP contribution in [0.3, 0.4) is 0 Å². The lowest BCUT2D eigenvalue weighted by molar-refractivity contribution is -0.115. The van der Waals surface area contributed by atoms with Gasteiger partial charge in [-0.15, -0.1) is 10.2 Å². The zero-order valence-corrected chi connectivity index (χ0v) is 8.15. The van der Waals surface area contributed by atoms with Crippen molar-refractivity contribution in [1.29, 1.82) is 0 Å². The second-order valence-electron chi connectivity index (χ2n) is 1.85. The van der Waals surface area contributed by atoms with Crippen LogP contribution < -0.4 is 5.32 Å². The minimum atomic E-state index is -0.202. The summed E-state index contributed by atoms with van der Waals surface area (Å²) in [7, 11) is 0. The highest BCUT2D eigenvalue weighted by Crippen LogP contribution is 2.09. The van der Waals surface area contributed by atoms with Gasteiger partial charge in [-0.3, -0.25) is 10.1 Å². The van der Waals surface area contributed by atoms with Crippen molar-refractivity contribution in [3.63, 3.8) is 0 Å². The Balaban J connectivity index is 2.50. The van der Waals surface area contributed by atoms with Crippen LogP contribution in [-0.4, -0.2) is 20.9 Å². The van der Waals surface area contributed by atoms with Gasteiger partial charge in [0.15, 0.2) is 0 Å². The van der Waals surface area contributed by atoms with Crippen LogP contribution >= 0.6 is 27.3 Å². The second-order valence-corrected chi connectivity index (χ2v) is 4.06. The molecule has 0 saturated carbocycles. The van der Waals surface area contributed by atoms with E-state index < -0.39 is 0 Å². The first kappa shape index (κ1) is 8.61. The number of aromatic nitrogens is 2. The molecule has 0 fully saturated rings. The van der Waals surface area contributed by atoms with Crippen molar-refractivity contribution in [3.05, 3.63) is 5.51 Å². The first-order valence-corrected chi connectivity index (χ1v) is 4.71. The monoisotopic (exact) mass is 235 g/mol. The fraction of sp³-hybridized carbons (Fsp3) is 0.400. The lowest BCUT2D eigenvalue weighted by Gasteiger charge is -2.00. The topological polar surface area (TPSA) is 54.9 Å². The van der Waals surface area contributed by atoms with E-state index in [0.29, 0.717) is 5.13 Å². The van der Waals surface area contributed by atoms with E-state index in [0.717, 1.165) is 0 Å². The van der Waals surface area contributed by atoms with Crippen LogP contribution in [0.1, 0.15) is 6.92 Å². The van der Waals surface area contributed by atoms with Gasteiger partial charge in [0.05, 0.1) is 4.83 Å². The van der Waals surface area contributed by atoms with E-state index in [2.05, 4.69) is 31.4 Å². The van der Waals surface area contributed by atoms with Gasteiger partial charge in [-0.05, 0) is 6.92 Å². The predicted molar refractivity (Wildman–Crippen MR) is 46.9 cm³/mol. The summed E-state index contributed by atoms with van der Waals surface area (Å²) in [6, 6.07) is 0. The molecule has 0 aliphatic heterocycles. The number of rotatable bonds is 2. The zero-order chi connectivity index (χ0) is 8.27. The standard InChI is InChI=1S/C5H6BrN3OS/c1-3(6)4(10)8-5-9-7-2-11-5/h2-3H,1H3,(H,8,9,10). The molecule has 1 aromatic heterocycles. The Morgan fingerprint density at radius 2 is 2.64 bits per heavy atom. The minimum absolute atomic E-state index is 0.109. The summed E-state index contributed by atoms with van der Waals surface area (Å²) in [6.07, 6.45) is 0. The smallest absolute Gasteiger partial charge is 0.239 e. The fourth-order valence-electron chi connectivity index (χ4n) is 0.432. The van der Waals surface area contributed by atoms with E-state index in [4.69, 9.17) is 0 Å².